The highest BCUT2D eigenvalue weighted by molar-refractivity contribution is 5.67. The predicted molar refractivity (Wildman–Crippen MR) is 70.8 cm³/mol. The maximum atomic E-state index is 11.1. The first kappa shape index (κ1) is 20.8. The first-order valence-corrected chi connectivity index (χ1v) is 6.54. The zero-order valence-corrected chi connectivity index (χ0v) is 13.5. The van der Waals surface area contributed by atoms with Gasteiger partial charge in [-0.15, -0.1) is 0 Å². The summed E-state index contributed by atoms with van der Waals surface area (Å²) in [5.41, 5.74) is -2.16. The van der Waals surface area contributed by atoms with E-state index in [1.165, 1.54) is 6.92 Å². The van der Waals surface area contributed by atoms with Crippen molar-refractivity contribution < 1.29 is 43.6 Å². The number of carbonyl (C=O) groups is 4. The summed E-state index contributed by atoms with van der Waals surface area (Å²) in [5.74, 6) is -3.44. The summed E-state index contributed by atoms with van der Waals surface area (Å²) in [6.07, 6.45) is -0.160. The number of nitrogens with zero attached hydrogens (tertiary/aromatic N) is 2. The predicted octanol–water partition coefficient (Wildman–Crippen LogP) is -0.399. The second-order valence-electron chi connectivity index (χ2n) is 4.42. The molecule has 0 fully saturated rings. The minimum Gasteiger partial charge on any atom is -0.368 e. The lowest BCUT2D eigenvalue weighted by molar-refractivity contribution is -0.436. The van der Waals surface area contributed by atoms with Crippen LogP contribution >= 0.6 is 0 Å². The van der Waals surface area contributed by atoms with Crippen LogP contribution in [0.2, 0.25) is 0 Å². The van der Waals surface area contributed by atoms with Crippen molar-refractivity contribution in [1.29, 1.82) is 0 Å². The monoisotopic (exact) mass is 336 g/mol. The third kappa shape index (κ3) is 8.09. The van der Waals surface area contributed by atoms with Crippen molar-refractivity contribution in [2.45, 2.75) is 46.8 Å². The standard InChI is InChI=1S/C12H20N2O9/c1-6-12(19,14(22-10(4)17)23-11(5)18)7-13(20-8(2)15)21-9(3)16/h19H,6-7H2,1-5H3. The van der Waals surface area contributed by atoms with Crippen LogP contribution < -0.4 is 0 Å². The van der Waals surface area contributed by atoms with Gasteiger partial charge in [0.05, 0.1) is 5.23 Å². The maximum absolute atomic E-state index is 11.1. The molecule has 11 nitrogen and oxygen atoms in total. The van der Waals surface area contributed by atoms with Crippen LogP contribution in [0.3, 0.4) is 0 Å². The van der Waals surface area contributed by atoms with Gasteiger partial charge < -0.3 is 24.5 Å². The van der Waals surface area contributed by atoms with Gasteiger partial charge >= 0.3 is 23.9 Å². The molecule has 0 saturated heterocycles. The Kier molecular flexibility index (Phi) is 8.15. The number of hydrogen-bond donors (Lipinski definition) is 1. The molecular formula is C12H20N2O9. The van der Waals surface area contributed by atoms with Crippen LogP contribution in [0, 0.1) is 0 Å². The fraction of sp³-hybridized carbons (Fsp3) is 0.667. The highest BCUT2D eigenvalue weighted by Crippen LogP contribution is 2.20. The number of carbonyl (C=O) groups excluding carboxylic acids is 4. The minimum atomic E-state index is -2.16. The van der Waals surface area contributed by atoms with E-state index in [-0.39, 0.29) is 11.6 Å². The van der Waals surface area contributed by atoms with Gasteiger partial charge in [0.1, 0.15) is 6.54 Å². The summed E-state index contributed by atoms with van der Waals surface area (Å²) in [6, 6.07) is 0. The molecule has 0 aromatic heterocycles. The average molecular weight is 336 g/mol. The molecule has 0 bridgehead atoms. The third-order valence-electron chi connectivity index (χ3n) is 2.17. The summed E-state index contributed by atoms with van der Waals surface area (Å²) < 4.78 is 0. The molecule has 0 amide bonds. The maximum Gasteiger partial charge on any atom is 0.326 e. The van der Waals surface area contributed by atoms with Gasteiger partial charge in [-0.05, 0) is 6.42 Å². The van der Waals surface area contributed by atoms with Crippen molar-refractivity contribution in [3.05, 3.63) is 0 Å². The topological polar surface area (TPSA) is 132 Å². The number of aliphatic hydroxyl groups is 1. The first-order valence-electron chi connectivity index (χ1n) is 6.54. The molecule has 1 N–H and O–H groups in total. The van der Waals surface area contributed by atoms with Crippen molar-refractivity contribution in [2.24, 2.45) is 0 Å². The second-order valence-corrected chi connectivity index (χ2v) is 4.42. The molecule has 23 heavy (non-hydrogen) atoms. The lowest BCUT2D eigenvalue weighted by Crippen LogP contribution is -2.56. The Hall–Kier alpha value is -2.24. The molecule has 0 aromatic rings. The van der Waals surface area contributed by atoms with Gasteiger partial charge in [-0.3, -0.25) is 19.2 Å². The first-order chi connectivity index (χ1) is 10.5. The smallest absolute Gasteiger partial charge is 0.326 e. The molecule has 0 heterocycles. The molecule has 1 unspecified atom stereocenters. The summed E-state index contributed by atoms with van der Waals surface area (Å²) in [6.45, 7) is 4.88. The molecule has 0 radical (unpaired) electrons. The summed E-state index contributed by atoms with van der Waals surface area (Å²) in [4.78, 5) is 62.7. The second kappa shape index (κ2) is 9.02. The van der Waals surface area contributed by atoms with Gasteiger partial charge in [0.25, 0.3) is 0 Å². The average Bonchev–Trinajstić information content (AvgIpc) is 2.34. The lowest BCUT2D eigenvalue weighted by Gasteiger charge is -2.35. The van der Waals surface area contributed by atoms with Crippen LogP contribution in [-0.4, -0.2) is 51.7 Å². The largest absolute Gasteiger partial charge is 0.368 e. The van der Waals surface area contributed by atoms with E-state index in [4.69, 9.17) is 0 Å². The zero-order chi connectivity index (χ0) is 18.2. The Morgan fingerprint density at radius 3 is 1.43 bits per heavy atom. The Morgan fingerprint density at radius 1 is 0.826 bits per heavy atom. The van der Waals surface area contributed by atoms with Crippen LogP contribution in [0.25, 0.3) is 0 Å². The van der Waals surface area contributed by atoms with Crippen LogP contribution in [0.15, 0.2) is 0 Å². The molecule has 0 spiro atoms. The molecule has 0 aliphatic rings. The highest BCUT2D eigenvalue weighted by Gasteiger charge is 2.43. The van der Waals surface area contributed by atoms with Gasteiger partial charge in [-0.25, -0.2) is 0 Å². The van der Waals surface area contributed by atoms with Crippen molar-refractivity contribution in [3.63, 3.8) is 0 Å². The number of rotatable bonds is 8. The van der Waals surface area contributed by atoms with Gasteiger partial charge in [0.2, 0.25) is 5.72 Å². The Labute approximate surface area is 132 Å². The summed E-state index contributed by atoms with van der Waals surface area (Å²) >= 11 is 0. The number of hydrogen-bond acceptors (Lipinski definition) is 11. The van der Waals surface area contributed by atoms with Crippen LogP contribution in [0.4, 0.5) is 0 Å². The van der Waals surface area contributed by atoms with Crippen molar-refractivity contribution in [2.75, 3.05) is 6.54 Å². The van der Waals surface area contributed by atoms with E-state index in [0.717, 1.165) is 27.7 Å². The molecule has 0 rings (SSSR count). The molecule has 11 heteroatoms. The van der Waals surface area contributed by atoms with Crippen molar-refractivity contribution in [3.8, 4) is 0 Å². The van der Waals surface area contributed by atoms with Gasteiger partial charge in [-0.1, -0.05) is 6.92 Å². The quantitative estimate of drug-likeness (QED) is 0.458. The fourth-order valence-corrected chi connectivity index (χ4v) is 1.30. The third-order valence-corrected chi connectivity index (χ3v) is 2.17. The fourth-order valence-electron chi connectivity index (χ4n) is 1.30. The Bertz CT molecular complexity index is 435. The molecule has 0 aliphatic heterocycles. The molecule has 132 valence electrons. The highest BCUT2D eigenvalue weighted by atomic mass is 17.0. The Morgan fingerprint density at radius 2 is 1.17 bits per heavy atom. The van der Waals surface area contributed by atoms with Gasteiger partial charge in [0.15, 0.2) is 0 Å². The van der Waals surface area contributed by atoms with Gasteiger partial charge in [0, 0.05) is 32.9 Å². The van der Waals surface area contributed by atoms with Gasteiger partial charge in [-0.2, -0.15) is 0 Å². The molecule has 0 saturated carbocycles. The van der Waals surface area contributed by atoms with Crippen LogP contribution in [-0.2, 0) is 38.5 Å². The molecule has 0 aliphatic carbocycles. The Balaban J connectivity index is 5.37. The van der Waals surface area contributed by atoms with E-state index < -0.39 is 36.1 Å². The molecular weight excluding hydrogens is 316 g/mol. The SMILES string of the molecule is CCC(O)(CN(OC(C)=O)OC(C)=O)N(OC(C)=O)OC(C)=O. The molecule has 0 aromatic carbocycles. The van der Waals surface area contributed by atoms with Crippen molar-refractivity contribution in [1.82, 2.24) is 10.5 Å². The minimum absolute atomic E-state index is 0.160. The van der Waals surface area contributed by atoms with E-state index in [0.29, 0.717) is 5.23 Å². The number of hydroxylamine groups is 4. The van der Waals surface area contributed by atoms with E-state index >= 15 is 0 Å². The summed E-state index contributed by atoms with van der Waals surface area (Å²) in [7, 11) is 0. The van der Waals surface area contributed by atoms with E-state index in [2.05, 4.69) is 19.4 Å². The lowest BCUT2D eigenvalue weighted by atomic mass is 10.2. The zero-order valence-electron chi connectivity index (χ0n) is 13.5. The molecule has 1 atom stereocenters. The van der Waals surface area contributed by atoms with E-state index in [9.17, 15) is 24.3 Å². The summed E-state index contributed by atoms with van der Waals surface area (Å²) in [5, 5.41) is 11.2. The van der Waals surface area contributed by atoms with E-state index in [1.54, 1.807) is 0 Å². The van der Waals surface area contributed by atoms with E-state index in [1.807, 2.05) is 0 Å². The normalized spacial score (nSPS) is 13.2. The van der Waals surface area contributed by atoms with Crippen LogP contribution in [0.1, 0.15) is 41.0 Å². The van der Waals surface area contributed by atoms with Crippen LogP contribution in [0.5, 0.6) is 0 Å². The van der Waals surface area contributed by atoms with Crippen molar-refractivity contribution >= 4 is 23.9 Å².